The van der Waals surface area contributed by atoms with Gasteiger partial charge in [0.15, 0.2) is 0 Å². The summed E-state index contributed by atoms with van der Waals surface area (Å²) in [6.07, 6.45) is 2.27. The molecule has 0 unspecified atom stereocenters. The molecule has 1 amide bonds. The molecule has 1 aromatic heterocycles. The van der Waals surface area contributed by atoms with Crippen molar-refractivity contribution in [2.24, 2.45) is 0 Å². The van der Waals surface area contributed by atoms with Gasteiger partial charge in [0.05, 0.1) is 12.5 Å². The number of carbonyl (C=O) groups excluding carboxylic acids is 1. The molecular weight excluding hydrogens is 408 g/mol. The first-order valence-corrected chi connectivity index (χ1v) is 11.6. The molecule has 0 aliphatic carbocycles. The molecule has 2 aromatic rings. The smallest absolute Gasteiger partial charge is 0.339 e. The van der Waals surface area contributed by atoms with E-state index in [2.05, 4.69) is 25.7 Å². The summed E-state index contributed by atoms with van der Waals surface area (Å²) in [4.78, 5) is 30.0. The number of nitrogens with zero attached hydrogens (tertiary/aromatic N) is 2. The number of piperazine rings is 1. The molecule has 0 saturated carbocycles. The zero-order chi connectivity index (χ0) is 23.0. The van der Waals surface area contributed by atoms with Crippen LogP contribution in [0.1, 0.15) is 50.3 Å². The summed E-state index contributed by atoms with van der Waals surface area (Å²) < 4.78 is 17.6. The van der Waals surface area contributed by atoms with Crippen LogP contribution in [0.3, 0.4) is 0 Å². The molecule has 0 spiro atoms. The van der Waals surface area contributed by atoms with Gasteiger partial charge in [0.1, 0.15) is 22.7 Å². The van der Waals surface area contributed by atoms with Crippen molar-refractivity contribution < 1.29 is 18.7 Å². The zero-order valence-electron chi connectivity index (χ0n) is 19.9. The number of rotatable bonds is 5. The van der Waals surface area contributed by atoms with E-state index in [4.69, 9.17) is 13.9 Å². The molecule has 1 aromatic carbocycles. The van der Waals surface area contributed by atoms with Crippen LogP contribution in [0.25, 0.3) is 11.0 Å². The molecular formula is C25H34N2O5. The molecule has 2 aliphatic heterocycles. The average molecular weight is 443 g/mol. The number of hydrogen-bond donors (Lipinski definition) is 0. The van der Waals surface area contributed by atoms with Gasteiger partial charge in [-0.2, -0.15) is 0 Å². The number of amides is 1. The van der Waals surface area contributed by atoms with Crippen LogP contribution in [0, 0.1) is 6.92 Å². The topological polar surface area (TPSA) is 72.2 Å². The average Bonchev–Trinajstić information content (AvgIpc) is 2.77. The largest absolute Gasteiger partial charge is 0.496 e. The van der Waals surface area contributed by atoms with Crippen LogP contribution in [0.15, 0.2) is 15.3 Å². The number of hydrogen-bond acceptors (Lipinski definition) is 6. The molecule has 2 aliphatic rings. The highest BCUT2D eigenvalue weighted by Crippen LogP contribution is 2.43. The van der Waals surface area contributed by atoms with Gasteiger partial charge in [0, 0.05) is 49.8 Å². The van der Waals surface area contributed by atoms with Gasteiger partial charge in [-0.05, 0) is 52.1 Å². The van der Waals surface area contributed by atoms with Crippen LogP contribution in [0.4, 0.5) is 0 Å². The van der Waals surface area contributed by atoms with Crippen molar-refractivity contribution in [3.63, 3.8) is 0 Å². The normalized spacial score (nSPS) is 18.3. The summed E-state index contributed by atoms with van der Waals surface area (Å²) in [7, 11) is 1.61. The SMILES string of the molecule is CCN1CCN(C(=O)CCc2c(C)c3c(OC)cc4c(c3oc2=O)CCC(C)(C)O4)CC1. The number of aryl methyl sites for hydroxylation is 2. The second-order valence-corrected chi connectivity index (χ2v) is 9.43. The van der Waals surface area contributed by atoms with E-state index >= 15 is 0 Å². The van der Waals surface area contributed by atoms with Crippen molar-refractivity contribution in [3.05, 3.63) is 33.2 Å². The van der Waals surface area contributed by atoms with E-state index < -0.39 is 0 Å². The molecule has 0 radical (unpaired) electrons. The Balaban J connectivity index is 1.62. The number of ether oxygens (including phenoxy) is 2. The van der Waals surface area contributed by atoms with Crippen LogP contribution >= 0.6 is 0 Å². The summed E-state index contributed by atoms with van der Waals surface area (Å²) in [5.74, 6) is 1.43. The Kier molecular flexibility index (Phi) is 6.21. The van der Waals surface area contributed by atoms with Gasteiger partial charge in [-0.3, -0.25) is 4.79 Å². The lowest BCUT2D eigenvalue weighted by molar-refractivity contribution is -0.132. The van der Waals surface area contributed by atoms with Gasteiger partial charge in [-0.15, -0.1) is 0 Å². The highest BCUT2D eigenvalue weighted by Gasteiger charge is 2.31. The lowest BCUT2D eigenvalue weighted by Gasteiger charge is -2.34. The lowest BCUT2D eigenvalue weighted by atomic mass is 9.91. The predicted octanol–water partition coefficient (Wildman–Crippen LogP) is 3.31. The third-order valence-electron chi connectivity index (χ3n) is 6.92. The Hall–Kier alpha value is -2.54. The van der Waals surface area contributed by atoms with Crippen molar-refractivity contribution in [1.82, 2.24) is 9.80 Å². The van der Waals surface area contributed by atoms with Gasteiger partial charge in [-0.1, -0.05) is 6.92 Å². The molecule has 174 valence electrons. The van der Waals surface area contributed by atoms with Gasteiger partial charge >= 0.3 is 5.63 Å². The second kappa shape index (κ2) is 8.77. The summed E-state index contributed by atoms with van der Waals surface area (Å²) in [5, 5.41) is 0.799. The highest BCUT2D eigenvalue weighted by molar-refractivity contribution is 5.92. The van der Waals surface area contributed by atoms with E-state index in [1.54, 1.807) is 7.11 Å². The van der Waals surface area contributed by atoms with Crippen molar-refractivity contribution in [1.29, 1.82) is 0 Å². The fraction of sp³-hybridized carbons (Fsp3) is 0.600. The Morgan fingerprint density at radius 3 is 2.59 bits per heavy atom. The number of benzene rings is 1. The van der Waals surface area contributed by atoms with E-state index in [0.717, 1.165) is 62.1 Å². The maximum Gasteiger partial charge on any atom is 0.339 e. The fourth-order valence-corrected chi connectivity index (χ4v) is 4.84. The first-order chi connectivity index (χ1) is 15.2. The molecule has 7 heteroatoms. The van der Waals surface area contributed by atoms with Gasteiger partial charge in [0.2, 0.25) is 5.91 Å². The summed E-state index contributed by atoms with van der Waals surface area (Å²) >= 11 is 0. The van der Waals surface area contributed by atoms with Crippen molar-refractivity contribution in [2.45, 2.75) is 59.0 Å². The van der Waals surface area contributed by atoms with E-state index in [0.29, 0.717) is 35.5 Å². The lowest BCUT2D eigenvalue weighted by Crippen LogP contribution is -2.48. The maximum absolute atomic E-state index is 13.0. The maximum atomic E-state index is 13.0. The number of likely N-dealkylation sites (N-methyl/N-ethyl adjacent to an activating group) is 1. The predicted molar refractivity (Wildman–Crippen MR) is 124 cm³/mol. The molecule has 0 bridgehead atoms. The Morgan fingerprint density at radius 2 is 1.94 bits per heavy atom. The quantitative estimate of drug-likeness (QED) is 0.662. The van der Waals surface area contributed by atoms with Crippen LogP contribution in [-0.4, -0.2) is 61.1 Å². The summed E-state index contributed by atoms with van der Waals surface area (Å²) in [6, 6.07) is 1.90. The van der Waals surface area contributed by atoms with E-state index in [9.17, 15) is 9.59 Å². The standard InChI is InChI=1S/C25H34N2O5/c1-6-26-11-13-27(14-12-26)21(28)8-7-17-16(2)22-20(30-5)15-19-18(23(22)31-24(17)29)9-10-25(3,4)32-19/h15H,6-14H2,1-5H3. The number of carbonyl (C=O) groups is 1. The Labute approximate surface area is 189 Å². The van der Waals surface area contributed by atoms with Crippen molar-refractivity contribution in [2.75, 3.05) is 39.8 Å². The van der Waals surface area contributed by atoms with E-state index in [1.165, 1.54) is 0 Å². The summed E-state index contributed by atoms with van der Waals surface area (Å²) in [6.45, 7) is 12.5. The minimum atomic E-state index is -0.376. The van der Waals surface area contributed by atoms with Crippen molar-refractivity contribution >= 4 is 16.9 Å². The fourth-order valence-electron chi connectivity index (χ4n) is 4.84. The highest BCUT2D eigenvalue weighted by atomic mass is 16.5. The van der Waals surface area contributed by atoms with Gasteiger partial charge in [-0.25, -0.2) is 4.79 Å². The van der Waals surface area contributed by atoms with E-state index in [1.807, 2.05) is 17.9 Å². The van der Waals surface area contributed by atoms with Gasteiger partial charge < -0.3 is 23.7 Å². The Bertz CT molecular complexity index is 1080. The first-order valence-electron chi connectivity index (χ1n) is 11.6. The van der Waals surface area contributed by atoms with Crippen molar-refractivity contribution in [3.8, 4) is 11.5 Å². The molecule has 0 atom stereocenters. The van der Waals surface area contributed by atoms with E-state index in [-0.39, 0.29) is 17.1 Å². The van der Waals surface area contributed by atoms with Crippen LogP contribution in [0.2, 0.25) is 0 Å². The first kappa shape index (κ1) is 22.6. The molecule has 32 heavy (non-hydrogen) atoms. The third kappa shape index (κ3) is 4.22. The minimum Gasteiger partial charge on any atom is -0.496 e. The Morgan fingerprint density at radius 1 is 1.22 bits per heavy atom. The molecule has 1 saturated heterocycles. The van der Waals surface area contributed by atoms with Crippen LogP contribution in [-0.2, 0) is 17.6 Å². The minimum absolute atomic E-state index is 0.0905. The zero-order valence-corrected chi connectivity index (χ0v) is 19.9. The monoisotopic (exact) mass is 442 g/mol. The van der Waals surface area contributed by atoms with Gasteiger partial charge in [0.25, 0.3) is 0 Å². The summed E-state index contributed by atoms with van der Waals surface area (Å²) in [5.41, 5.74) is 2.18. The van der Waals surface area contributed by atoms with Crippen LogP contribution in [0.5, 0.6) is 11.5 Å². The molecule has 1 fully saturated rings. The second-order valence-electron chi connectivity index (χ2n) is 9.43. The van der Waals surface area contributed by atoms with Crippen LogP contribution < -0.4 is 15.1 Å². The number of fused-ring (bicyclic) bond motifs is 3. The molecule has 7 nitrogen and oxygen atoms in total. The number of methoxy groups -OCH3 is 1. The third-order valence-corrected chi connectivity index (χ3v) is 6.92. The molecule has 0 N–H and O–H groups in total. The molecule has 4 rings (SSSR count). The molecule has 3 heterocycles.